The molecule has 2 fully saturated rings. The summed E-state index contributed by atoms with van der Waals surface area (Å²) in [7, 11) is 0. The van der Waals surface area contributed by atoms with E-state index in [0.717, 1.165) is 12.0 Å². The molecule has 0 saturated carbocycles. The van der Waals surface area contributed by atoms with Gasteiger partial charge in [-0.2, -0.15) is 0 Å². The number of likely N-dealkylation sites (tertiary alicyclic amines) is 1. The molecule has 1 amide bonds. The third-order valence-corrected chi connectivity index (χ3v) is 3.72. The SMILES string of the molecule is [N-]=[N+]=N[C@@H]1C(=O)N(Cc2ccccc2)[C@H]2CCO[C@@H]12. The average Bonchev–Trinajstić information content (AvgIpc) is 2.99. The smallest absolute Gasteiger partial charge is 0.234 e. The monoisotopic (exact) mass is 258 g/mol. The lowest BCUT2D eigenvalue weighted by Gasteiger charge is -2.22. The number of rotatable bonds is 3. The van der Waals surface area contributed by atoms with E-state index in [4.69, 9.17) is 10.3 Å². The van der Waals surface area contributed by atoms with Gasteiger partial charge in [-0.3, -0.25) is 4.79 Å². The Balaban J connectivity index is 1.85. The van der Waals surface area contributed by atoms with E-state index < -0.39 is 6.04 Å². The maximum absolute atomic E-state index is 12.3. The van der Waals surface area contributed by atoms with Gasteiger partial charge in [0.1, 0.15) is 6.04 Å². The minimum Gasteiger partial charge on any atom is -0.375 e. The number of benzene rings is 1. The molecule has 3 atom stereocenters. The second kappa shape index (κ2) is 4.91. The molecule has 0 spiro atoms. The highest BCUT2D eigenvalue weighted by molar-refractivity contribution is 5.86. The van der Waals surface area contributed by atoms with Crippen LogP contribution in [0.2, 0.25) is 0 Å². The van der Waals surface area contributed by atoms with Crippen molar-refractivity contribution in [1.82, 2.24) is 4.90 Å². The highest BCUT2D eigenvalue weighted by Crippen LogP contribution is 2.33. The van der Waals surface area contributed by atoms with Gasteiger partial charge in [0.15, 0.2) is 0 Å². The van der Waals surface area contributed by atoms with Crippen molar-refractivity contribution in [2.45, 2.75) is 31.2 Å². The van der Waals surface area contributed by atoms with Crippen molar-refractivity contribution in [2.75, 3.05) is 6.61 Å². The van der Waals surface area contributed by atoms with E-state index in [2.05, 4.69) is 10.0 Å². The summed E-state index contributed by atoms with van der Waals surface area (Å²) in [4.78, 5) is 16.8. The molecule has 19 heavy (non-hydrogen) atoms. The predicted octanol–water partition coefficient (Wildman–Crippen LogP) is 1.87. The minimum absolute atomic E-state index is 0.0307. The van der Waals surface area contributed by atoms with Crippen LogP contribution < -0.4 is 0 Å². The molecule has 0 N–H and O–H groups in total. The molecular weight excluding hydrogens is 244 g/mol. The van der Waals surface area contributed by atoms with E-state index >= 15 is 0 Å². The van der Waals surface area contributed by atoms with E-state index in [1.165, 1.54) is 0 Å². The third kappa shape index (κ3) is 2.05. The Bertz CT molecular complexity index is 527. The van der Waals surface area contributed by atoms with Crippen LogP contribution in [0.15, 0.2) is 35.4 Å². The Morgan fingerprint density at radius 1 is 1.42 bits per heavy atom. The molecule has 1 aromatic rings. The number of hydrogen-bond acceptors (Lipinski definition) is 3. The quantitative estimate of drug-likeness (QED) is 0.471. The van der Waals surface area contributed by atoms with Crippen molar-refractivity contribution in [3.05, 3.63) is 46.3 Å². The molecule has 2 aliphatic rings. The van der Waals surface area contributed by atoms with E-state index in [0.29, 0.717) is 13.2 Å². The summed E-state index contributed by atoms with van der Waals surface area (Å²) in [5.74, 6) is -0.128. The molecule has 0 aromatic heterocycles. The van der Waals surface area contributed by atoms with Crippen LogP contribution in [0.1, 0.15) is 12.0 Å². The fourth-order valence-electron chi connectivity index (χ4n) is 2.85. The normalized spacial score (nSPS) is 29.2. The van der Waals surface area contributed by atoms with E-state index in [9.17, 15) is 4.79 Å². The van der Waals surface area contributed by atoms with Gasteiger partial charge in [-0.05, 0) is 17.5 Å². The van der Waals surface area contributed by atoms with Gasteiger partial charge >= 0.3 is 0 Å². The first-order valence-electron chi connectivity index (χ1n) is 6.31. The number of carbonyl (C=O) groups excluding carboxylic acids is 1. The topological polar surface area (TPSA) is 78.3 Å². The second-order valence-electron chi connectivity index (χ2n) is 4.79. The summed E-state index contributed by atoms with van der Waals surface area (Å²) in [5.41, 5.74) is 9.64. The molecule has 6 nitrogen and oxygen atoms in total. The number of nitrogens with zero attached hydrogens (tertiary/aromatic N) is 4. The lowest BCUT2D eigenvalue weighted by atomic mass is 10.1. The number of azide groups is 1. The van der Waals surface area contributed by atoms with Gasteiger partial charge in [0, 0.05) is 18.1 Å². The van der Waals surface area contributed by atoms with E-state index in [-0.39, 0.29) is 18.1 Å². The molecule has 2 aliphatic heterocycles. The Morgan fingerprint density at radius 3 is 2.95 bits per heavy atom. The summed E-state index contributed by atoms with van der Waals surface area (Å²) in [6.45, 7) is 1.16. The maximum Gasteiger partial charge on any atom is 0.234 e. The first kappa shape index (κ1) is 12.0. The fourth-order valence-corrected chi connectivity index (χ4v) is 2.85. The third-order valence-electron chi connectivity index (χ3n) is 3.72. The Kier molecular flexibility index (Phi) is 3.11. The van der Waals surface area contributed by atoms with Crippen LogP contribution in [0.3, 0.4) is 0 Å². The van der Waals surface area contributed by atoms with Crippen LogP contribution in [0.5, 0.6) is 0 Å². The van der Waals surface area contributed by atoms with E-state index in [1.54, 1.807) is 4.90 Å². The minimum atomic E-state index is -0.707. The molecule has 6 heteroatoms. The van der Waals surface area contributed by atoms with E-state index in [1.807, 2.05) is 30.3 Å². The molecule has 0 unspecified atom stereocenters. The van der Waals surface area contributed by atoms with Crippen LogP contribution in [-0.4, -0.2) is 35.6 Å². The largest absolute Gasteiger partial charge is 0.375 e. The molecular formula is C13H14N4O2. The Morgan fingerprint density at radius 2 is 2.21 bits per heavy atom. The molecule has 1 aromatic carbocycles. The lowest BCUT2D eigenvalue weighted by molar-refractivity contribution is -0.131. The van der Waals surface area contributed by atoms with Crippen LogP contribution >= 0.6 is 0 Å². The zero-order valence-electron chi connectivity index (χ0n) is 10.3. The molecule has 98 valence electrons. The predicted molar refractivity (Wildman–Crippen MR) is 68.1 cm³/mol. The zero-order valence-corrected chi connectivity index (χ0v) is 10.3. The standard InChI is InChI=1S/C13H14N4O2/c14-16-15-11-12-10(6-7-19-12)17(13(11)18)8-9-4-2-1-3-5-9/h1-5,10-12H,6-8H2/t10-,11-,12+/m0/s1. The van der Waals surface area contributed by atoms with Crippen LogP contribution in [0, 0.1) is 0 Å². The zero-order chi connectivity index (χ0) is 13.2. The first-order chi connectivity index (χ1) is 9.31. The molecule has 2 heterocycles. The van der Waals surface area contributed by atoms with Gasteiger partial charge in [-0.15, -0.1) is 0 Å². The van der Waals surface area contributed by atoms with Crippen molar-refractivity contribution in [1.29, 1.82) is 0 Å². The molecule has 0 aliphatic carbocycles. The summed E-state index contributed by atoms with van der Waals surface area (Å²) in [5, 5.41) is 3.60. The van der Waals surface area contributed by atoms with Crippen molar-refractivity contribution < 1.29 is 9.53 Å². The number of fused-ring (bicyclic) bond motifs is 1. The fraction of sp³-hybridized carbons (Fsp3) is 0.462. The molecule has 2 saturated heterocycles. The number of carbonyl (C=O) groups is 1. The molecule has 3 rings (SSSR count). The van der Waals surface area contributed by atoms with Gasteiger partial charge in [0.05, 0.1) is 12.1 Å². The number of ether oxygens (including phenoxy) is 1. The van der Waals surface area contributed by atoms with Crippen molar-refractivity contribution in [3.8, 4) is 0 Å². The maximum atomic E-state index is 12.3. The summed E-state index contributed by atoms with van der Waals surface area (Å²) < 4.78 is 5.55. The summed E-state index contributed by atoms with van der Waals surface area (Å²) >= 11 is 0. The van der Waals surface area contributed by atoms with Crippen molar-refractivity contribution >= 4 is 5.91 Å². The van der Waals surface area contributed by atoms with Gasteiger partial charge in [0.2, 0.25) is 5.91 Å². The van der Waals surface area contributed by atoms with Crippen LogP contribution in [0.4, 0.5) is 0 Å². The number of hydrogen-bond donors (Lipinski definition) is 0. The van der Waals surface area contributed by atoms with Crippen LogP contribution in [0.25, 0.3) is 10.4 Å². The highest BCUT2D eigenvalue weighted by Gasteiger charge is 2.50. The number of amides is 1. The highest BCUT2D eigenvalue weighted by atomic mass is 16.5. The molecule has 0 bridgehead atoms. The van der Waals surface area contributed by atoms with Crippen molar-refractivity contribution in [2.24, 2.45) is 5.11 Å². The Hall–Kier alpha value is -2.04. The van der Waals surface area contributed by atoms with Gasteiger partial charge < -0.3 is 9.64 Å². The lowest BCUT2D eigenvalue weighted by Crippen LogP contribution is -2.34. The Labute approximate surface area is 110 Å². The van der Waals surface area contributed by atoms with Gasteiger partial charge in [-0.25, -0.2) is 0 Å². The summed E-state index contributed by atoms with van der Waals surface area (Å²) in [6.07, 6.45) is 0.521. The van der Waals surface area contributed by atoms with Crippen molar-refractivity contribution in [3.63, 3.8) is 0 Å². The first-order valence-corrected chi connectivity index (χ1v) is 6.31. The average molecular weight is 258 g/mol. The molecule has 0 radical (unpaired) electrons. The summed E-state index contributed by atoms with van der Waals surface area (Å²) in [6, 6.07) is 9.13. The van der Waals surface area contributed by atoms with Gasteiger partial charge in [0.25, 0.3) is 0 Å². The second-order valence-corrected chi connectivity index (χ2v) is 4.79. The van der Waals surface area contributed by atoms with Crippen LogP contribution in [-0.2, 0) is 16.1 Å². The van der Waals surface area contributed by atoms with Gasteiger partial charge in [-0.1, -0.05) is 35.4 Å².